The summed E-state index contributed by atoms with van der Waals surface area (Å²) >= 11 is 1.76. The van der Waals surface area contributed by atoms with E-state index in [9.17, 15) is 4.39 Å². The second-order valence-corrected chi connectivity index (χ2v) is 7.48. The lowest BCUT2D eigenvalue weighted by Crippen LogP contribution is -2.38. The summed E-state index contributed by atoms with van der Waals surface area (Å²) in [5.74, 6) is 1.28. The standard InChI is InChI=1S/C20H29FN4OS.HI/c1-4-22-20(24-13-11-19-25-15(2)16(3)27-19)23-12-5-6-14-26-18-9-7-17(21)8-10-18;/h7-10H,4-6,11-14H2,1-3H3,(H2,22,23,24);1H. The van der Waals surface area contributed by atoms with Crippen molar-refractivity contribution in [2.75, 3.05) is 26.2 Å². The molecule has 0 aliphatic carbocycles. The van der Waals surface area contributed by atoms with E-state index in [-0.39, 0.29) is 29.8 Å². The average molecular weight is 520 g/mol. The van der Waals surface area contributed by atoms with Gasteiger partial charge < -0.3 is 15.4 Å². The van der Waals surface area contributed by atoms with Gasteiger partial charge in [0.15, 0.2) is 5.96 Å². The van der Waals surface area contributed by atoms with E-state index in [0.29, 0.717) is 12.4 Å². The number of guanidine groups is 1. The van der Waals surface area contributed by atoms with Gasteiger partial charge in [-0.15, -0.1) is 35.3 Å². The summed E-state index contributed by atoms with van der Waals surface area (Å²) in [7, 11) is 0. The summed E-state index contributed by atoms with van der Waals surface area (Å²) < 4.78 is 18.4. The quantitative estimate of drug-likeness (QED) is 0.210. The number of nitrogens with one attached hydrogen (secondary N) is 2. The molecule has 1 aromatic carbocycles. The lowest BCUT2D eigenvalue weighted by atomic mass is 10.3. The van der Waals surface area contributed by atoms with Crippen LogP contribution in [-0.4, -0.2) is 37.2 Å². The minimum absolute atomic E-state index is 0. The highest BCUT2D eigenvalue weighted by Crippen LogP contribution is 2.16. The monoisotopic (exact) mass is 520 g/mol. The number of rotatable bonds is 10. The predicted molar refractivity (Wildman–Crippen MR) is 126 cm³/mol. The summed E-state index contributed by atoms with van der Waals surface area (Å²) in [5, 5.41) is 7.78. The van der Waals surface area contributed by atoms with Crippen LogP contribution in [0, 0.1) is 19.7 Å². The first-order valence-corrected chi connectivity index (χ1v) is 10.2. The largest absolute Gasteiger partial charge is 0.494 e. The van der Waals surface area contributed by atoms with Gasteiger partial charge in [0.2, 0.25) is 0 Å². The number of aromatic nitrogens is 1. The van der Waals surface area contributed by atoms with Crippen LogP contribution in [0.3, 0.4) is 0 Å². The van der Waals surface area contributed by atoms with E-state index in [0.717, 1.165) is 55.6 Å². The summed E-state index contributed by atoms with van der Waals surface area (Å²) in [5.41, 5.74) is 1.12. The van der Waals surface area contributed by atoms with Gasteiger partial charge in [-0.3, -0.25) is 4.99 Å². The summed E-state index contributed by atoms with van der Waals surface area (Å²) in [6, 6.07) is 6.10. The van der Waals surface area contributed by atoms with Crippen molar-refractivity contribution in [3.05, 3.63) is 45.7 Å². The van der Waals surface area contributed by atoms with Gasteiger partial charge in [-0.05, 0) is 57.9 Å². The molecule has 0 radical (unpaired) electrons. The first-order chi connectivity index (χ1) is 13.1. The van der Waals surface area contributed by atoms with Crippen LogP contribution >= 0.6 is 35.3 Å². The van der Waals surface area contributed by atoms with Crippen molar-refractivity contribution in [1.82, 2.24) is 15.6 Å². The first kappa shape index (κ1) is 24.6. The van der Waals surface area contributed by atoms with Gasteiger partial charge in [0.25, 0.3) is 0 Å². The molecule has 156 valence electrons. The van der Waals surface area contributed by atoms with Gasteiger partial charge in [-0.1, -0.05) is 0 Å². The minimum Gasteiger partial charge on any atom is -0.494 e. The minimum atomic E-state index is -0.250. The molecule has 0 aliphatic heterocycles. The van der Waals surface area contributed by atoms with E-state index in [2.05, 4.69) is 34.5 Å². The molecule has 28 heavy (non-hydrogen) atoms. The second kappa shape index (κ2) is 13.7. The van der Waals surface area contributed by atoms with Crippen LogP contribution < -0.4 is 15.4 Å². The maximum absolute atomic E-state index is 12.8. The van der Waals surface area contributed by atoms with Crippen LogP contribution in [0.25, 0.3) is 0 Å². The Kier molecular flexibility index (Phi) is 12.1. The van der Waals surface area contributed by atoms with Crippen LogP contribution in [0.15, 0.2) is 29.3 Å². The van der Waals surface area contributed by atoms with Crippen molar-refractivity contribution in [3.63, 3.8) is 0 Å². The van der Waals surface area contributed by atoms with Crippen LogP contribution in [0.4, 0.5) is 4.39 Å². The lowest BCUT2D eigenvalue weighted by Gasteiger charge is -2.10. The van der Waals surface area contributed by atoms with E-state index in [4.69, 9.17) is 4.74 Å². The van der Waals surface area contributed by atoms with E-state index in [1.54, 1.807) is 23.5 Å². The van der Waals surface area contributed by atoms with Crippen molar-refractivity contribution in [3.8, 4) is 5.75 Å². The zero-order valence-corrected chi connectivity index (χ0v) is 19.9. The van der Waals surface area contributed by atoms with Crippen LogP contribution in [0.1, 0.15) is 35.3 Å². The van der Waals surface area contributed by atoms with Gasteiger partial charge in [0.1, 0.15) is 11.6 Å². The zero-order valence-electron chi connectivity index (χ0n) is 16.8. The topological polar surface area (TPSA) is 58.5 Å². The maximum Gasteiger partial charge on any atom is 0.191 e. The Morgan fingerprint density at radius 2 is 1.93 bits per heavy atom. The van der Waals surface area contributed by atoms with Crippen molar-refractivity contribution in [1.29, 1.82) is 0 Å². The van der Waals surface area contributed by atoms with Gasteiger partial charge in [0.05, 0.1) is 17.3 Å². The zero-order chi connectivity index (χ0) is 19.5. The number of thiazole rings is 1. The fourth-order valence-electron chi connectivity index (χ4n) is 2.40. The van der Waals surface area contributed by atoms with E-state index in [1.807, 2.05) is 6.92 Å². The van der Waals surface area contributed by atoms with Gasteiger partial charge in [0, 0.05) is 30.9 Å². The number of hydrogen-bond donors (Lipinski definition) is 2. The fourth-order valence-corrected chi connectivity index (χ4v) is 3.33. The molecule has 0 saturated heterocycles. The van der Waals surface area contributed by atoms with Crippen molar-refractivity contribution >= 4 is 41.3 Å². The Hall–Kier alpha value is -1.42. The normalized spacial score (nSPS) is 11.1. The molecule has 0 fully saturated rings. The average Bonchev–Trinajstić information content (AvgIpc) is 2.97. The Balaban J connectivity index is 0.00000392. The molecule has 0 unspecified atom stereocenters. The van der Waals surface area contributed by atoms with Gasteiger partial charge >= 0.3 is 0 Å². The third kappa shape index (κ3) is 9.18. The van der Waals surface area contributed by atoms with Crippen LogP contribution in [-0.2, 0) is 6.42 Å². The highest BCUT2D eigenvalue weighted by Gasteiger charge is 2.04. The molecule has 5 nitrogen and oxygen atoms in total. The molecule has 2 aromatic rings. The first-order valence-electron chi connectivity index (χ1n) is 9.42. The molecule has 0 spiro atoms. The Labute approximate surface area is 188 Å². The summed E-state index contributed by atoms with van der Waals surface area (Å²) in [6.45, 7) is 9.19. The lowest BCUT2D eigenvalue weighted by molar-refractivity contribution is 0.307. The highest BCUT2D eigenvalue weighted by atomic mass is 127. The smallest absolute Gasteiger partial charge is 0.191 e. The van der Waals surface area contributed by atoms with Crippen LogP contribution in [0.2, 0.25) is 0 Å². The molecule has 0 saturated carbocycles. The molecular weight excluding hydrogens is 490 g/mol. The number of hydrogen-bond acceptors (Lipinski definition) is 4. The number of nitrogens with zero attached hydrogens (tertiary/aromatic N) is 2. The summed E-state index contributed by atoms with van der Waals surface area (Å²) in [4.78, 5) is 10.4. The third-order valence-electron chi connectivity index (χ3n) is 3.95. The van der Waals surface area contributed by atoms with E-state index in [1.165, 1.54) is 17.0 Å². The molecule has 0 aliphatic rings. The van der Waals surface area contributed by atoms with Crippen molar-refractivity contribution in [2.45, 2.75) is 40.0 Å². The molecule has 1 aromatic heterocycles. The summed E-state index contributed by atoms with van der Waals surface area (Å²) in [6.07, 6.45) is 2.73. The van der Waals surface area contributed by atoms with E-state index < -0.39 is 0 Å². The molecule has 8 heteroatoms. The molecule has 0 atom stereocenters. The molecular formula is C20H30FIN4OS. The molecule has 0 amide bonds. The third-order valence-corrected chi connectivity index (χ3v) is 5.09. The van der Waals surface area contributed by atoms with Gasteiger partial charge in [-0.2, -0.15) is 0 Å². The predicted octanol–water partition coefficient (Wildman–Crippen LogP) is 4.47. The number of ether oxygens (including phenoxy) is 1. The Morgan fingerprint density at radius 1 is 1.18 bits per heavy atom. The molecule has 0 bridgehead atoms. The number of aryl methyl sites for hydroxylation is 2. The SMILES string of the molecule is CCNC(=NCCCCOc1ccc(F)cc1)NCCc1nc(C)c(C)s1.I. The fraction of sp³-hybridized carbons (Fsp3) is 0.500. The molecule has 2 rings (SSSR count). The maximum atomic E-state index is 12.8. The number of unbranched alkanes of at least 4 members (excludes halogenated alkanes) is 1. The van der Waals surface area contributed by atoms with Crippen molar-refractivity contribution < 1.29 is 9.13 Å². The highest BCUT2D eigenvalue weighted by molar-refractivity contribution is 14.0. The van der Waals surface area contributed by atoms with Gasteiger partial charge in [-0.25, -0.2) is 9.37 Å². The van der Waals surface area contributed by atoms with E-state index >= 15 is 0 Å². The van der Waals surface area contributed by atoms with Crippen molar-refractivity contribution in [2.24, 2.45) is 4.99 Å². The van der Waals surface area contributed by atoms with Crippen LogP contribution in [0.5, 0.6) is 5.75 Å². The Morgan fingerprint density at radius 3 is 2.57 bits per heavy atom. The number of benzene rings is 1. The Bertz CT molecular complexity index is 702. The molecule has 2 N–H and O–H groups in total. The number of halogens is 2. The number of aliphatic imine (C=N–C) groups is 1. The second-order valence-electron chi connectivity index (χ2n) is 6.20. The molecule has 1 heterocycles.